The lowest BCUT2D eigenvalue weighted by Gasteiger charge is -2.36. The van der Waals surface area contributed by atoms with Crippen LogP contribution in [0, 0.1) is 5.92 Å². The molecule has 2 aliphatic rings. The maximum Gasteiger partial charge on any atom is 0.407 e. The molecular formula is C11H21N3O2. The topological polar surface area (TPSA) is 55.8 Å². The van der Waals surface area contributed by atoms with E-state index < -0.39 is 6.09 Å². The van der Waals surface area contributed by atoms with Crippen LogP contribution in [-0.2, 0) is 0 Å². The number of nitrogens with one attached hydrogen (secondary N) is 1. The van der Waals surface area contributed by atoms with Crippen molar-refractivity contribution in [3.8, 4) is 0 Å². The second-order valence-electron chi connectivity index (χ2n) is 4.78. The minimum atomic E-state index is -0.779. The van der Waals surface area contributed by atoms with E-state index in [-0.39, 0.29) is 0 Å². The van der Waals surface area contributed by atoms with Crippen LogP contribution in [0.2, 0.25) is 0 Å². The predicted molar refractivity (Wildman–Crippen MR) is 61.6 cm³/mol. The van der Waals surface area contributed by atoms with Crippen LogP contribution in [0.15, 0.2) is 0 Å². The average Bonchev–Trinajstić information content (AvgIpc) is 2.31. The third kappa shape index (κ3) is 3.09. The van der Waals surface area contributed by atoms with Gasteiger partial charge in [-0.15, -0.1) is 0 Å². The number of carbonyl (C=O) groups is 1. The van der Waals surface area contributed by atoms with Gasteiger partial charge < -0.3 is 15.3 Å². The lowest BCUT2D eigenvalue weighted by Crippen LogP contribution is -2.50. The zero-order chi connectivity index (χ0) is 11.4. The maximum atomic E-state index is 10.7. The third-order valence-electron chi connectivity index (χ3n) is 3.56. The molecule has 2 heterocycles. The van der Waals surface area contributed by atoms with Crippen LogP contribution >= 0.6 is 0 Å². The van der Waals surface area contributed by atoms with Gasteiger partial charge in [-0.2, -0.15) is 0 Å². The van der Waals surface area contributed by atoms with E-state index in [1.165, 1.54) is 17.7 Å². The standard InChI is InChI=1S/C11H21N3O2/c15-11(16)14-6-4-13(5-7-14)9-10-2-1-3-12-8-10/h10,12H,1-9H2,(H,15,16). The maximum absolute atomic E-state index is 10.7. The molecule has 2 rings (SSSR count). The molecular weight excluding hydrogens is 206 g/mol. The summed E-state index contributed by atoms with van der Waals surface area (Å²) in [6.45, 7) is 6.51. The Kier molecular flexibility index (Phi) is 4.01. The third-order valence-corrected chi connectivity index (χ3v) is 3.56. The molecule has 2 N–H and O–H groups in total. The first-order valence-electron chi connectivity index (χ1n) is 6.16. The summed E-state index contributed by atoms with van der Waals surface area (Å²) >= 11 is 0. The van der Waals surface area contributed by atoms with Crippen molar-refractivity contribution in [3.05, 3.63) is 0 Å². The van der Waals surface area contributed by atoms with Gasteiger partial charge >= 0.3 is 6.09 Å². The first kappa shape index (κ1) is 11.7. The summed E-state index contributed by atoms with van der Waals surface area (Å²) in [7, 11) is 0. The van der Waals surface area contributed by atoms with E-state index in [1.807, 2.05) is 0 Å². The van der Waals surface area contributed by atoms with Gasteiger partial charge in [0.25, 0.3) is 0 Å². The van der Waals surface area contributed by atoms with Gasteiger partial charge in [-0.1, -0.05) is 0 Å². The molecule has 0 aromatic rings. The Bertz CT molecular complexity index is 233. The molecule has 2 aliphatic heterocycles. The number of rotatable bonds is 2. The van der Waals surface area contributed by atoms with Crippen LogP contribution in [0.3, 0.4) is 0 Å². The number of amides is 1. The zero-order valence-corrected chi connectivity index (χ0v) is 9.69. The van der Waals surface area contributed by atoms with Crippen molar-refractivity contribution in [1.29, 1.82) is 0 Å². The minimum absolute atomic E-state index is 0.662. The van der Waals surface area contributed by atoms with Crippen LogP contribution in [0.1, 0.15) is 12.8 Å². The van der Waals surface area contributed by atoms with Crippen molar-refractivity contribution < 1.29 is 9.90 Å². The molecule has 0 bridgehead atoms. The Balaban J connectivity index is 1.70. The molecule has 0 spiro atoms. The first-order valence-corrected chi connectivity index (χ1v) is 6.16. The van der Waals surface area contributed by atoms with Crippen molar-refractivity contribution in [2.75, 3.05) is 45.8 Å². The van der Waals surface area contributed by atoms with Crippen LogP contribution in [0.5, 0.6) is 0 Å². The van der Waals surface area contributed by atoms with Crippen LogP contribution in [0.25, 0.3) is 0 Å². The summed E-state index contributed by atoms with van der Waals surface area (Å²) in [5.74, 6) is 0.755. The normalized spacial score (nSPS) is 28.0. The molecule has 0 aliphatic carbocycles. The molecule has 5 nitrogen and oxygen atoms in total. The summed E-state index contributed by atoms with van der Waals surface area (Å²) in [6.07, 6.45) is 1.81. The quantitative estimate of drug-likeness (QED) is 0.711. The molecule has 92 valence electrons. The largest absolute Gasteiger partial charge is 0.465 e. The second kappa shape index (κ2) is 5.50. The highest BCUT2D eigenvalue weighted by atomic mass is 16.4. The van der Waals surface area contributed by atoms with Gasteiger partial charge in [0.2, 0.25) is 0 Å². The Morgan fingerprint density at radius 3 is 2.62 bits per heavy atom. The molecule has 2 saturated heterocycles. The SMILES string of the molecule is O=C(O)N1CCN(CC2CCCNC2)CC1. The zero-order valence-electron chi connectivity index (χ0n) is 9.69. The lowest BCUT2D eigenvalue weighted by molar-refractivity contribution is 0.0956. The lowest BCUT2D eigenvalue weighted by atomic mass is 9.99. The van der Waals surface area contributed by atoms with Crippen LogP contribution in [0.4, 0.5) is 4.79 Å². The van der Waals surface area contributed by atoms with Crippen molar-refractivity contribution in [3.63, 3.8) is 0 Å². The highest BCUT2D eigenvalue weighted by Crippen LogP contribution is 2.13. The smallest absolute Gasteiger partial charge is 0.407 e. The van der Waals surface area contributed by atoms with E-state index in [0.717, 1.165) is 38.6 Å². The number of hydrogen-bond donors (Lipinski definition) is 2. The van der Waals surface area contributed by atoms with Gasteiger partial charge in [0.05, 0.1) is 0 Å². The molecule has 1 unspecified atom stereocenters. The molecule has 1 atom stereocenters. The Hall–Kier alpha value is -0.810. The Morgan fingerprint density at radius 1 is 1.31 bits per heavy atom. The highest BCUT2D eigenvalue weighted by molar-refractivity contribution is 5.65. The van der Waals surface area contributed by atoms with Gasteiger partial charge in [0, 0.05) is 32.7 Å². The van der Waals surface area contributed by atoms with E-state index >= 15 is 0 Å². The summed E-state index contributed by atoms with van der Waals surface area (Å²) < 4.78 is 0. The van der Waals surface area contributed by atoms with Gasteiger partial charge in [-0.3, -0.25) is 4.90 Å². The van der Waals surface area contributed by atoms with E-state index in [4.69, 9.17) is 5.11 Å². The van der Waals surface area contributed by atoms with E-state index in [0.29, 0.717) is 13.1 Å². The molecule has 5 heteroatoms. The average molecular weight is 227 g/mol. The van der Waals surface area contributed by atoms with Crippen LogP contribution < -0.4 is 5.32 Å². The summed E-state index contributed by atoms with van der Waals surface area (Å²) in [4.78, 5) is 14.7. The van der Waals surface area contributed by atoms with Crippen molar-refractivity contribution in [1.82, 2.24) is 15.1 Å². The number of piperidine rings is 1. The summed E-state index contributed by atoms with van der Waals surface area (Å²) in [5, 5.41) is 12.3. The van der Waals surface area contributed by atoms with Crippen molar-refractivity contribution in [2.24, 2.45) is 5.92 Å². The molecule has 0 saturated carbocycles. The fourth-order valence-electron chi connectivity index (χ4n) is 2.57. The molecule has 2 fully saturated rings. The number of hydrogen-bond acceptors (Lipinski definition) is 3. The number of nitrogens with zero attached hydrogens (tertiary/aromatic N) is 2. The molecule has 0 aromatic carbocycles. The Labute approximate surface area is 96.4 Å². The monoisotopic (exact) mass is 227 g/mol. The minimum Gasteiger partial charge on any atom is -0.465 e. The predicted octanol–water partition coefficient (Wildman–Crippen LogP) is 0.282. The van der Waals surface area contributed by atoms with Gasteiger partial charge in [-0.05, 0) is 31.8 Å². The Morgan fingerprint density at radius 2 is 2.06 bits per heavy atom. The van der Waals surface area contributed by atoms with Gasteiger partial charge in [-0.25, -0.2) is 4.79 Å². The van der Waals surface area contributed by atoms with Crippen LogP contribution in [-0.4, -0.2) is 66.8 Å². The molecule has 1 amide bonds. The van der Waals surface area contributed by atoms with Gasteiger partial charge in [0.1, 0.15) is 0 Å². The number of carboxylic acid groups (broad SMARTS) is 1. The first-order chi connectivity index (χ1) is 7.75. The fourth-order valence-corrected chi connectivity index (χ4v) is 2.57. The second-order valence-corrected chi connectivity index (χ2v) is 4.78. The van der Waals surface area contributed by atoms with E-state index in [1.54, 1.807) is 0 Å². The van der Waals surface area contributed by atoms with E-state index in [9.17, 15) is 4.79 Å². The molecule has 16 heavy (non-hydrogen) atoms. The van der Waals surface area contributed by atoms with Gasteiger partial charge in [0.15, 0.2) is 0 Å². The molecule has 0 radical (unpaired) electrons. The van der Waals surface area contributed by atoms with E-state index in [2.05, 4.69) is 10.2 Å². The summed E-state index contributed by atoms with van der Waals surface area (Å²) in [6, 6.07) is 0. The number of piperazine rings is 1. The fraction of sp³-hybridized carbons (Fsp3) is 0.909. The molecule has 0 aromatic heterocycles. The summed E-state index contributed by atoms with van der Waals surface area (Å²) in [5.41, 5.74) is 0. The van der Waals surface area contributed by atoms with Crippen molar-refractivity contribution in [2.45, 2.75) is 12.8 Å². The highest BCUT2D eigenvalue weighted by Gasteiger charge is 2.23. The van der Waals surface area contributed by atoms with Crippen molar-refractivity contribution >= 4 is 6.09 Å².